The summed E-state index contributed by atoms with van der Waals surface area (Å²) in [6.07, 6.45) is 4.73. The van der Waals surface area contributed by atoms with Gasteiger partial charge in [-0.2, -0.15) is 0 Å². The molecule has 0 N–H and O–H groups in total. The van der Waals surface area contributed by atoms with E-state index in [-0.39, 0.29) is 10.6 Å². The normalized spacial score (nSPS) is 22.4. The highest BCUT2D eigenvalue weighted by molar-refractivity contribution is 9.10. The van der Waals surface area contributed by atoms with Crippen LogP contribution in [-0.4, -0.2) is 10.6 Å². The maximum absolute atomic E-state index is 12.0. The van der Waals surface area contributed by atoms with Crippen LogP contribution >= 0.6 is 31.9 Å². The molecule has 80 valence electrons. The van der Waals surface area contributed by atoms with Gasteiger partial charge < -0.3 is 0 Å². The first kappa shape index (κ1) is 10.5. The van der Waals surface area contributed by atoms with Gasteiger partial charge in [-0.15, -0.1) is 0 Å². The Morgan fingerprint density at radius 1 is 1.31 bits per heavy atom. The molecule has 0 aliphatic heterocycles. The van der Waals surface area contributed by atoms with E-state index in [2.05, 4.69) is 50.1 Å². The third-order valence-corrected chi connectivity index (χ3v) is 4.24. The van der Waals surface area contributed by atoms with Gasteiger partial charge in [0, 0.05) is 16.5 Å². The van der Waals surface area contributed by atoms with E-state index < -0.39 is 0 Å². The quantitative estimate of drug-likeness (QED) is 0.659. The molecule has 2 aliphatic rings. The SMILES string of the molecule is O=C1C2=C(C=CC1Br)c1ccc(Br)cc1C2. The number of rotatable bonds is 0. The zero-order chi connectivity index (χ0) is 11.3. The number of Topliss-reactive ketones (excluding diaryl/α,β-unsaturated/α-hetero) is 1. The monoisotopic (exact) mass is 338 g/mol. The second kappa shape index (κ2) is 3.67. The highest BCUT2D eigenvalue weighted by Crippen LogP contribution is 2.39. The molecule has 0 radical (unpaired) electrons. The van der Waals surface area contributed by atoms with Crippen molar-refractivity contribution in [3.8, 4) is 0 Å². The molecule has 1 aromatic carbocycles. The summed E-state index contributed by atoms with van der Waals surface area (Å²) in [5.74, 6) is 0.199. The molecule has 0 spiro atoms. The van der Waals surface area contributed by atoms with Gasteiger partial charge in [0.15, 0.2) is 5.78 Å². The van der Waals surface area contributed by atoms with E-state index in [1.807, 2.05) is 12.1 Å². The minimum atomic E-state index is -0.149. The van der Waals surface area contributed by atoms with Crippen molar-refractivity contribution >= 4 is 43.2 Å². The van der Waals surface area contributed by atoms with E-state index in [0.29, 0.717) is 0 Å². The Morgan fingerprint density at radius 2 is 2.12 bits per heavy atom. The Bertz CT molecular complexity index is 555. The lowest BCUT2D eigenvalue weighted by Gasteiger charge is -2.11. The number of ketones is 1. The number of alkyl halides is 1. The molecule has 3 rings (SSSR count). The number of carbonyl (C=O) groups excluding carboxylic acids is 1. The smallest absolute Gasteiger partial charge is 0.177 e. The zero-order valence-electron chi connectivity index (χ0n) is 8.34. The molecule has 0 amide bonds. The molecular formula is C13H8Br2O. The number of benzene rings is 1. The first-order chi connectivity index (χ1) is 7.66. The van der Waals surface area contributed by atoms with E-state index in [0.717, 1.165) is 22.0 Å². The van der Waals surface area contributed by atoms with Crippen LogP contribution in [0.5, 0.6) is 0 Å². The maximum atomic E-state index is 12.0. The van der Waals surface area contributed by atoms with Crippen molar-refractivity contribution < 1.29 is 4.79 Å². The molecule has 3 heteroatoms. The fourth-order valence-corrected chi connectivity index (χ4v) is 3.10. The molecule has 1 aromatic rings. The average molecular weight is 340 g/mol. The molecular weight excluding hydrogens is 332 g/mol. The van der Waals surface area contributed by atoms with Gasteiger partial charge in [-0.1, -0.05) is 50.1 Å². The number of carbonyl (C=O) groups is 1. The van der Waals surface area contributed by atoms with Crippen LogP contribution in [0.15, 0.2) is 40.4 Å². The highest BCUT2D eigenvalue weighted by atomic mass is 79.9. The van der Waals surface area contributed by atoms with Gasteiger partial charge >= 0.3 is 0 Å². The van der Waals surface area contributed by atoms with Crippen molar-refractivity contribution in [1.82, 2.24) is 0 Å². The predicted molar refractivity (Wildman–Crippen MR) is 71.6 cm³/mol. The van der Waals surface area contributed by atoms with Crippen LogP contribution in [0.4, 0.5) is 0 Å². The minimum Gasteiger partial charge on any atom is -0.293 e. The van der Waals surface area contributed by atoms with E-state index in [1.165, 1.54) is 11.1 Å². The first-order valence-electron chi connectivity index (χ1n) is 5.05. The Morgan fingerprint density at radius 3 is 2.94 bits per heavy atom. The van der Waals surface area contributed by atoms with Crippen LogP contribution in [0.1, 0.15) is 11.1 Å². The number of hydrogen-bond acceptors (Lipinski definition) is 1. The summed E-state index contributed by atoms with van der Waals surface area (Å²) in [6.45, 7) is 0. The largest absolute Gasteiger partial charge is 0.293 e. The molecule has 0 saturated carbocycles. The standard InChI is InChI=1S/C13H8Br2O/c14-8-1-2-9-7(5-8)6-11-10(9)3-4-12(15)13(11)16/h1-5,12H,6H2. The molecule has 0 saturated heterocycles. The summed E-state index contributed by atoms with van der Waals surface area (Å²) in [5.41, 5.74) is 4.47. The Hall–Kier alpha value is -0.670. The summed E-state index contributed by atoms with van der Waals surface area (Å²) in [7, 11) is 0. The molecule has 0 heterocycles. The lowest BCUT2D eigenvalue weighted by molar-refractivity contribution is -0.114. The van der Waals surface area contributed by atoms with E-state index in [4.69, 9.17) is 0 Å². The first-order valence-corrected chi connectivity index (χ1v) is 6.76. The summed E-state index contributed by atoms with van der Waals surface area (Å²) in [4.78, 5) is 11.8. The van der Waals surface area contributed by atoms with E-state index >= 15 is 0 Å². The Kier molecular flexibility index (Phi) is 2.41. The molecule has 1 unspecified atom stereocenters. The van der Waals surface area contributed by atoms with Gasteiger partial charge in [-0.25, -0.2) is 0 Å². The molecule has 1 nitrogen and oxygen atoms in total. The number of halogens is 2. The van der Waals surface area contributed by atoms with Gasteiger partial charge in [0.25, 0.3) is 0 Å². The van der Waals surface area contributed by atoms with E-state index in [1.54, 1.807) is 0 Å². The van der Waals surface area contributed by atoms with Gasteiger partial charge in [0.2, 0.25) is 0 Å². The minimum absolute atomic E-state index is 0.149. The zero-order valence-corrected chi connectivity index (χ0v) is 11.5. The van der Waals surface area contributed by atoms with Crippen LogP contribution in [0.25, 0.3) is 5.57 Å². The molecule has 0 fully saturated rings. The maximum Gasteiger partial charge on any atom is 0.177 e. The number of allylic oxidation sites excluding steroid dienone is 4. The topological polar surface area (TPSA) is 17.1 Å². The van der Waals surface area contributed by atoms with Crippen molar-refractivity contribution in [2.24, 2.45) is 0 Å². The lowest BCUT2D eigenvalue weighted by atomic mass is 9.97. The molecule has 0 aromatic heterocycles. The van der Waals surface area contributed by atoms with Crippen molar-refractivity contribution in [3.05, 3.63) is 51.5 Å². The summed E-state index contributed by atoms with van der Waals surface area (Å²) in [6, 6.07) is 6.19. The number of fused-ring (bicyclic) bond motifs is 2. The van der Waals surface area contributed by atoms with Crippen molar-refractivity contribution in [3.63, 3.8) is 0 Å². The van der Waals surface area contributed by atoms with E-state index in [9.17, 15) is 4.79 Å². The fourth-order valence-electron chi connectivity index (χ4n) is 2.26. The molecule has 1 atom stereocenters. The molecule has 2 aliphatic carbocycles. The second-order valence-corrected chi connectivity index (χ2v) is 5.90. The van der Waals surface area contributed by atoms with Crippen molar-refractivity contribution in [2.45, 2.75) is 11.2 Å². The Balaban J connectivity index is 2.15. The second-order valence-electron chi connectivity index (χ2n) is 4.00. The average Bonchev–Trinajstić information content (AvgIpc) is 2.62. The lowest BCUT2D eigenvalue weighted by Crippen LogP contribution is -2.17. The summed E-state index contributed by atoms with van der Waals surface area (Å²) < 4.78 is 1.07. The third-order valence-electron chi connectivity index (χ3n) is 3.03. The van der Waals surface area contributed by atoms with Gasteiger partial charge in [-0.3, -0.25) is 4.79 Å². The summed E-state index contributed by atoms with van der Waals surface area (Å²) >= 11 is 6.83. The number of hydrogen-bond donors (Lipinski definition) is 0. The van der Waals surface area contributed by atoms with Crippen LogP contribution in [0.2, 0.25) is 0 Å². The van der Waals surface area contributed by atoms with Gasteiger partial charge in [0.05, 0.1) is 4.83 Å². The highest BCUT2D eigenvalue weighted by Gasteiger charge is 2.30. The van der Waals surface area contributed by atoms with Gasteiger partial charge in [0.1, 0.15) is 0 Å². The van der Waals surface area contributed by atoms with Crippen LogP contribution in [0, 0.1) is 0 Å². The van der Waals surface area contributed by atoms with Crippen LogP contribution < -0.4 is 0 Å². The van der Waals surface area contributed by atoms with Crippen molar-refractivity contribution in [1.29, 1.82) is 0 Å². The molecule has 16 heavy (non-hydrogen) atoms. The van der Waals surface area contributed by atoms with Gasteiger partial charge in [-0.05, 0) is 28.8 Å². The predicted octanol–water partition coefficient (Wildman–Crippen LogP) is 3.66. The van der Waals surface area contributed by atoms with Crippen LogP contribution in [0.3, 0.4) is 0 Å². The summed E-state index contributed by atoms with van der Waals surface area (Å²) in [5, 5.41) is 0. The molecule has 0 bridgehead atoms. The van der Waals surface area contributed by atoms with Crippen LogP contribution in [-0.2, 0) is 11.2 Å². The third kappa shape index (κ3) is 1.45. The van der Waals surface area contributed by atoms with Crippen molar-refractivity contribution in [2.75, 3.05) is 0 Å². The fraction of sp³-hybridized carbons (Fsp3) is 0.154. The Labute approximate surface area is 110 Å².